The van der Waals surface area contributed by atoms with Gasteiger partial charge >= 0.3 is 0 Å². The van der Waals surface area contributed by atoms with Gasteiger partial charge in [0.25, 0.3) is 5.91 Å². The molecule has 6 nitrogen and oxygen atoms in total. The van der Waals surface area contributed by atoms with Crippen LogP contribution in [0.15, 0.2) is 18.2 Å². The van der Waals surface area contributed by atoms with Crippen molar-refractivity contribution in [1.82, 2.24) is 10.2 Å². The Morgan fingerprint density at radius 1 is 1.33 bits per heavy atom. The van der Waals surface area contributed by atoms with Crippen LogP contribution < -0.4 is 16.4 Å². The molecule has 0 heterocycles. The lowest BCUT2D eigenvalue weighted by atomic mass is 10.1. The first-order valence-corrected chi connectivity index (χ1v) is 7.09. The minimum atomic E-state index is -0.382. The Morgan fingerprint density at radius 2 is 2.00 bits per heavy atom. The number of carbonyl (C=O) groups excluding carboxylic acids is 2. The Bertz CT molecular complexity index is 516. The highest BCUT2D eigenvalue weighted by Crippen LogP contribution is 2.21. The standard InChI is InChI=1S/C15H24N4O2/c1-5-17-14(20)11-7-8-13(12(16)9-11)18-10(3)15(21)19(4)6-2/h7-10,18H,5-6,16H2,1-4H3,(H,17,20). The second kappa shape index (κ2) is 7.52. The topological polar surface area (TPSA) is 87.5 Å². The Hall–Kier alpha value is -2.24. The minimum Gasteiger partial charge on any atom is -0.397 e. The first kappa shape index (κ1) is 16.8. The summed E-state index contributed by atoms with van der Waals surface area (Å²) >= 11 is 0. The van der Waals surface area contributed by atoms with Crippen LogP contribution >= 0.6 is 0 Å². The van der Waals surface area contributed by atoms with Crippen LogP contribution in [0.4, 0.5) is 11.4 Å². The number of nitrogens with one attached hydrogen (secondary N) is 2. The van der Waals surface area contributed by atoms with E-state index >= 15 is 0 Å². The molecule has 0 radical (unpaired) electrons. The average molecular weight is 292 g/mol. The number of rotatable bonds is 6. The molecule has 2 amide bonds. The number of nitrogens with two attached hydrogens (primary N) is 1. The summed E-state index contributed by atoms with van der Waals surface area (Å²) < 4.78 is 0. The van der Waals surface area contributed by atoms with Crippen molar-refractivity contribution < 1.29 is 9.59 Å². The first-order chi connectivity index (χ1) is 9.90. The van der Waals surface area contributed by atoms with E-state index in [9.17, 15) is 9.59 Å². The van der Waals surface area contributed by atoms with Crippen LogP contribution in [-0.2, 0) is 4.79 Å². The summed E-state index contributed by atoms with van der Waals surface area (Å²) in [6.07, 6.45) is 0. The van der Waals surface area contributed by atoms with Crippen molar-refractivity contribution in [2.45, 2.75) is 26.8 Å². The molecule has 0 aliphatic rings. The number of hydrogen-bond acceptors (Lipinski definition) is 4. The molecule has 0 fully saturated rings. The van der Waals surface area contributed by atoms with Gasteiger partial charge in [-0.2, -0.15) is 0 Å². The molecule has 0 saturated carbocycles. The van der Waals surface area contributed by atoms with Crippen molar-refractivity contribution in [1.29, 1.82) is 0 Å². The Morgan fingerprint density at radius 3 is 2.52 bits per heavy atom. The number of anilines is 2. The van der Waals surface area contributed by atoms with Crippen LogP contribution in [0.2, 0.25) is 0 Å². The van der Waals surface area contributed by atoms with E-state index in [4.69, 9.17) is 5.73 Å². The number of benzene rings is 1. The molecule has 0 saturated heterocycles. The molecule has 0 aliphatic heterocycles. The smallest absolute Gasteiger partial charge is 0.251 e. The molecule has 116 valence electrons. The van der Waals surface area contributed by atoms with E-state index in [0.29, 0.717) is 30.0 Å². The summed E-state index contributed by atoms with van der Waals surface area (Å²) in [5.41, 5.74) is 7.54. The molecule has 1 rings (SSSR count). The molecule has 21 heavy (non-hydrogen) atoms. The van der Waals surface area contributed by atoms with Gasteiger partial charge in [-0.25, -0.2) is 0 Å². The maximum absolute atomic E-state index is 12.0. The van der Waals surface area contributed by atoms with Crippen LogP contribution in [0.5, 0.6) is 0 Å². The van der Waals surface area contributed by atoms with Crippen molar-refractivity contribution in [3.05, 3.63) is 23.8 Å². The largest absolute Gasteiger partial charge is 0.397 e. The number of amides is 2. The fourth-order valence-corrected chi connectivity index (χ4v) is 1.88. The molecule has 4 N–H and O–H groups in total. The van der Waals surface area contributed by atoms with E-state index in [2.05, 4.69) is 10.6 Å². The quantitative estimate of drug-likeness (QED) is 0.690. The molecule has 6 heteroatoms. The molecule has 0 aliphatic carbocycles. The zero-order valence-corrected chi connectivity index (χ0v) is 13.1. The van der Waals surface area contributed by atoms with Crippen LogP contribution in [0.3, 0.4) is 0 Å². The van der Waals surface area contributed by atoms with Crippen molar-refractivity contribution in [3.8, 4) is 0 Å². The fraction of sp³-hybridized carbons (Fsp3) is 0.467. The predicted octanol–water partition coefficient (Wildman–Crippen LogP) is 1.30. The lowest BCUT2D eigenvalue weighted by Gasteiger charge is -2.22. The van der Waals surface area contributed by atoms with E-state index in [-0.39, 0.29) is 17.9 Å². The summed E-state index contributed by atoms with van der Waals surface area (Å²) in [4.78, 5) is 25.4. The van der Waals surface area contributed by atoms with Crippen molar-refractivity contribution in [3.63, 3.8) is 0 Å². The van der Waals surface area contributed by atoms with Crippen LogP contribution in [0.25, 0.3) is 0 Å². The van der Waals surface area contributed by atoms with Gasteiger partial charge in [-0.15, -0.1) is 0 Å². The zero-order chi connectivity index (χ0) is 16.0. The maximum Gasteiger partial charge on any atom is 0.251 e. The minimum absolute atomic E-state index is 0.00953. The normalized spacial score (nSPS) is 11.6. The Balaban J connectivity index is 2.81. The lowest BCUT2D eigenvalue weighted by Crippen LogP contribution is -2.39. The number of nitrogens with zero attached hydrogens (tertiary/aromatic N) is 1. The number of nitrogen functional groups attached to an aromatic ring is 1. The van der Waals surface area contributed by atoms with Gasteiger partial charge in [-0.05, 0) is 39.0 Å². The zero-order valence-electron chi connectivity index (χ0n) is 13.1. The molecule has 0 bridgehead atoms. The molecule has 1 aromatic carbocycles. The van der Waals surface area contributed by atoms with E-state index in [1.54, 1.807) is 37.1 Å². The predicted molar refractivity (Wildman–Crippen MR) is 85.3 cm³/mol. The second-order valence-electron chi connectivity index (χ2n) is 4.88. The van der Waals surface area contributed by atoms with Gasteiger partial charge in [0.1, 0.15) is 6.04 Å². The third kappa shape index (κ3) is 4.37. The highest BCUT2D eigenvalue weighted by Gasteiger charge is 2.17. The lowest BCUT2D eigenvalue weighted by molar-refractivity contribution is -0.130. The molecule has 1 atom stereocenters. The van der Waals surface area contributed by atoms with Crippen LogP contribution in [0, 0.1) is 0 Å². The summed E-state index contributed by atoms with van der Waals surface area (Å²) in [6, 6.07) is 4.63. The van der Waals surface area contributed by atoms with Gasteiger partial charge in [0.2, 0.25) is 5.91 Å². The summed E-state index contributed by atoms with van der Waals surface area (Å²) in [7, 11) is 1.75. The maximum atomic E-state index is 12.0. The SMILES string of the molecule is CCNC(=O)c1ccc(NC(C)C(=O)N(C)CC)c(N)c1. The molecule has 0 aromatic heterocycles. The number of likely N-dealkylation sites (N-methyl/N-ethyl adjacent to an activating group) is 1. The monoisotopic (exact) mass is 292 g/mol. The van der Waals surface area contributed by atoms with E-state index in [1.165, 1.54) is 0 Å². The van der Waals surface area contributed by atoms with Gasteiger partial charge < -0.3 is 21.3 Å². The Kier molecular flexibility index (Phi) is 6.02. The van der Waals surface area contributed by atoms with Gasteiger partial charge in [-0.1, -0.05) is 0 Å². The summed E-state index contributed by atoms with van der Waals surface area (Å²) in [5, 5.41) is 5.79. The highest BCUT2D eigenvalue weighted by molar-refractivity contribution is 5.96. The molecular formula is C15H24N4O2. The highest BCUT2D eigenvalue weighted by atomic mass is 16.2. The van der Waals surface area contributed by atoms with E-state index in [1.807, 2.05) is 13.8 Å². The molecule has 0 spiro atoms. The van der Waals surface area contributed by atoms with Crippen LogP contribution in [0.1, 0.15) is 31.1 Å². The number of hydrogen-bond donors (Lipinski definition) is 3. The van der Waals surface area contributed by atoms with Gasteiger partial charge in [-0.3, -0.25) is 9.59 Å². The molecule has 1 aromatic rings. The van der Waals surface area contributed by atoms with E-state index in [0.717, 1.165) is 0 Å². The summed E-state index contributed by atoms with van der Waals surface area (Å²) in [6.45, 7) is 6.77. The Labute approximate surface area is 125 Å². The van der Waals surface area contributed by atoms with E-state index < -0.39 is 0 Å². The summed E-state index contributed by atoms with van der Waals surface area (Å²) in [5.74, 6) is -0.171. The second-order valence-corrected chi connectivity index (χ2v) is 4.88. The van der Waals surface area contributed by atoms with Gasteiger partial charge in [0.05, 0.1) is 11.4 Å². The molecule has 1 unspecified atom stereocenters. The average Bonchev–Trinajstić information content (AvgIpc) is 2.47. The fourth-order valence-electron chi connectivity index (χ4n) is 1.88. The third-order valence-electron chi connectivity index (χ3n) is 3.24. The first-order valence-electron chi connectivity index (χ1n) is 7.09. The van der Waals surface area contributed by atoms with Gasteiger partial charge in [0.15, 0.2) is 0 Å². The van der Waals surface area contributed by atoms with Crippen molar-refractivity contribution >= 4 is 23.2 Å². The molecular weight excluding hydrogens is 268 g/mol. The van der Waals surface area contributed by atoms with Crippen molar-refractivity contribution in [2.75, 3.05) is 31.2 Å². The van der Waals surface area contributed by atoms with Crippen molar-refractivity contribution in [2.24, 2.45) is 0 Å². The van der Waals surface area contributed by atoms with Gasteiger partial charge in [0, 0.05) is 25.7 Å². The number of carbonyl (C=O) groups is 2. The third-order valence-corrected chi connectivity index (χ3v) is 3.24. The van der Waals surface area contributed by atoms with Crippen LogP contribution in [-0.4, -0.2) is 42.9 Å².